The summed E-state index contributed by atoms with van der Waals surface area (Å²) in [6.07, 6.45) is 0. The van der Waals surface area contributed by atoms with Crippen molar-refractivity contribution in [3.63, 3.8) is 0 Å². The zero-order valence-electron chi connectivity index (χ0n) is 15.3. The third-order valence-electron chi connectivity index (χ3n) is 4.23. The molecule has 0 radical (unpaired) electrons. The Labute approximate surface area is 150 Å². The average Bonchev–Trinajstić information content (AvgIpc) is 2.61. The molecule has 0 aliphatic carbocycles. The van der Waals surface area contributed by atoms with E-state index in [0.29, 0.717) is 12.3 Å². The smallest absolute Gasteiger partial charge is 0.246 e. The first kappa shape index (κ1) is 19.3. The second kappa shape index (κ2) is 7.45. The summed E-state index contributed by atoms with van der Waals surface area (Å²) in [7, 11) is 0.863. The number of rotatable bonds is 7. The molecule has 5 nitrogen and oxygen atoms in total. The molecule has 0 aliphatic heterocycles. The first-order valence-corrected chi connectivity index (χ1v) is 9.40. The molecule has 0 bridgehead atoms. The summed E-state index contributed by atoms with van der Waals surface area (Å²) < 4.78 is 37.8. The van der Waals surface area contributed by atoms with Gasteiger partial charge < -0.3 is 9.47 Å². The SMILES string of the molecule is COc1ccc(S(=O)(=O)N(C)CC(C)(C)c2ccccc2)c(OC)c1. The summed E-state index contributed by atoms with van der Waals surface area (Å²) in [5.41, 5.74) is 0.752. The lowest BCUT2D eigenvalue weighted by Gasteiger charge is -2.30. The lowest BCUT2D eigenvalue weighted by Crippen LogP contribution is -2.38. The topological polar surface area (TPSA) is 55.8 Å². The number of methoxy groups -OCH3 is 2. The van der Waals surface area contributed by atoms with Crippen molar-refractivity contribution < 1.29 is 17.9 Å². The van der Waals surface area contributed by atoms with Gasteiger partial charge in [-0.25, -0.2) is 8.42 Å². The van der Waals surface area contributed by atoms with Crippen molar-refractivity contribution >= 4 is 10.0 Å². The fourth-order valence-corrected chi connectivity index (χ4v) is 4.24. The summed E-state index contributed by atoms with van der Waals surface area (Å²) in [6, 6.07) is 14.6. The Hall–Kier alpha value is -2.05. The molecular weight excluding hydrogens is 338 g/mol. The standard InChI is InChI=1S/C19H25NO4S/c1-19(2,15-9-7-6-8-10-15)14-20(3)25(21,22)18-12-11-16(23-4)13-17(18)24-5/h6-13H,14H2,1-5H3. The van der Waals surface area contributed by atoms with E-state index in [1.165, 1.54) is 24.6 Å². The molecule has 0 fully saturated rings. The van der Waals surface area contributed by atoms with Gasteiger partial charge in [-0.3, -0.25) is 0 Å². The molecule has 2 aromatic carbocycles. The molecule has 136 valence electrons. The molecule has 0 aromatic heterocycles. The van der Waals surface area contributed by atoms with Crippen LogP contribution in [0, 0.1) is 0 Å². The highest BCUT2D eigenvalue weighted by atomic mass is 32.2. The minimum atomic E-state index is -3.70. The number of hydrogen-bond donors (Lipinski definition) is 0. The zero-order chi connectivity index (χ0) is 18.7. The quantitative estimate of drug-likeness (QED) is 0.757. The van der Waals surface area contributed by atoms with Crippen LogP contribution in [0.15, 0.2) is 53.4 Å². The molecule has 0 saturated heterocycles. The normalized spacial score (nSPS) is 12.2. The highest BCUT2D eigenvalue weighted by molar-refractivity contribution is 7.89. The van der Waals surface area contributed by atoms with Gasteiger partial charge in [-0.15, -0.1) is 0 Å². The van der Waals surface area contributed by atoms with Gasteiger partial charge in [-0.2, -0.15) is 4.31 Å². The molecule has 6 heteroatoms. The first-order chi connectivity index (χ1) is 11.7. The average molecular weight is 363 g/mol. The van der Waals surface area contributed by atoms with E-state index in [4.69, 9.17) is 9.47 Å². The molecule has 0 saturated carbocycles. The highest BCUT2D eigenvalue weighted by Crippen LogP contribution is 2.32. The third-order valence-corrected chi connectivity index (χ3v) is 6.08. The van der Waals surface area contributed by atoms with E-state index >= 15 is 0 Å². The molecule has 0 aliphatic rings. The van der Waals surface area contributed by atoms with Crippen LogP contribution in [0.1, 0.15) is 19.4 Å². The van der Waals surface area contributed by atoms with Crippen LogP contribution in [0.5, 0.6) is 11.5 Å². The minimum absolute atomic E-state index is 0.127. The lowest BCUT2D eigenvalue weighted by atomic mass is 9.85. The van der Waals surface area contributed by atoms with Crippen LogP contribution in [0.4, 0.5) is 0 Å². The van der Waals surface area contributed by atoms with Crippen molar-refractivity contribution in [2.75, 3.05) is 27.8 Å². The van der Waals surface area contributed by atoms with Gasteiger partial charge in [0.1, 0.15) is 16.4 Å². The molecular formula is C19H25NO4S. The van der Waals surface area contributed by atoms with Crippen LogP contribution >= 0.6 is 0 Å². The number of likely N-dealkylation sites (N-methyl/N-ethyl adjacent to an activating group) is 1. The van der Waals surface area contributed by atoms with Gasteiger partial charge in [0.05, 0.1) is 14.2 Å². The first-order valence-electron chi connectivity index (χ1n) is 7.96. The van der Waals surface area contributed by atoms with Crippen molar-refractivity contribution in [2.45, 2.75) is 24.2 Å². The molecule has 25 heavy (non-hydrogen) atoms. The van der Waals surface area contributed by atoms with Gasteiger partial charge in [0.2, 0.25) is 10.0 Å². The van der Waals surface area contributed by atoms with Gasteiger partial charge in [0, 0.05) is 25.1 Å². The Morgan fingerprint density at radius 3 is 2.20 bits per heavy atom. The van der Waals surface area contributed by atoms with Gasteiger partial charge in [-0.05, 0) is 17.7 Å². The van der Waals surface area contributed by atoms with Crippen LogP contribution in [-0.2, 0) is 15.4 Å². The summed E-state index contributed by atoms with van der Waals surface area (Å²) in [5, 5.41) is 0. The summed E-state index contributed by atoms with van der Waals surface area (Å²) in [4.78, 5) is 0.127. The van der Waals surface area contributed by atoms with Crippen molar-refractivity contribution in [3.05, 3.63) is 54.1 Å². The van der Waals surface area contributed by atoms with Gasteiger partial charge >= 0.3 is 0 Å². The maximum Gasteiger partial charge on any atom is 0.246 e. The maximum atomic E-state index is 13.0. The maximum absolute atomic E-state index is 13.0. The second-order valence-corrected chi connectivity index (χ2v) is 8.54. The Bertz CT molecular complexity index is 817. The van der Waals surface area contributed by atoms with E-state index in [9.17, 15) is 8.42 Å². The van der Waals surface area contributed by atoms with Crippen molar-refractivity contribution in [1.29, 1.82) is 0 Å². The van der Waals surface area contributed by atoms with E-state index in [1.807, 2.05) is 44.2 Å². The molecule has 2 aromatic rings. The van der Waals surface area contributed by atoms with Crippen molar-refractivity contribution in [2.24, 2.45) is 0 Å². The summed E-state index contributed by atoms with van der Waals surface area (Å²) in [6.45, 7) is 4.40. The van der Waals surface area contributed by atoms with Crippen LogP contribution in [-0.4, -0.2) is 40.5 Å². The summed E-state index contributed by atoms with van der Waals surface area (Å²) in [5.74, 6) is 0.812. The zero-order valence-corrected chi connectivity index (χ0v) is 16.1. The predicted molar refractivity (Wildman–Crippen MR) is 98.8 cm³/mol. The van der Waals surface area contributed by atoms with E-state index in [0.717, 1.165) is 5.56 Å². The second-order valence-electron chi connectivity index (χ2n) is 6.53. The highest BCUT2D eigenvalue weighted by Gasteiger charge is 2.31. The number of nitrogens with zero attached hydrogens (tertiary/aromatic N) is 1. The van der Waals surface area contributed by atoms with Crippen LogP contribution in [0.25, 0.3) is 0 Å². The Morgan fingerprint density at radius 2 is 1.64 bits per heavy atom. The van der Waals surface area contributed by atoms with Crippen molar-refractivity contribution in [1.82, 2.24) is 4.31 Å². The Balaban J connectivity index is 2.33. The minimum Gasteiger partial charge on any atom is -0.497 e. The number of sulfonamides is 1. The molecule has 0 unspecified atom stereocenters. The van der Waals surface area contributed by atoms with E-state index in [2.05, 4.69) is 0 Å². The molecule has 0 amide bonds. The third kappa shape index (κ3) is 4.14. The van der Waals surface area contributed by atoms with Gasteiger partial charge in [0.25, 0.3) is 0 Å². The van der Waals surface area contributed by atoms with Crippen LogP contribution in [0.3, 0.4) is 0 Å². The number of hydrogen-bond acceptors (Lipinski definition) is 4. The molecule has 0 N–H and O–H groups in total. The van der Waals surface area contributed by atoms with Crippen molar-refractivity contribution in [3.8, 4) is 11.5 Å². The van der Waals surface area contributed by atoms with Gasteiger partial charge in [-0.1, -0.05) is 44.2 Å². The number of benzene rings is 2. The van der Waals surface area contributed by atoms with E-state index in [-0.39, 0.29) is 16.1 Å². The van der Waals surface area contributed by atoms with Gasteiger partial charge in [0.15, 0.2) is 0 Å². The molecule has 2 rings (SSSR count). The monoisotopic (exact) mass is 363 g/mol. The fourth-order valence-electron chi connectivity index (χ4n) is 2.78. The van der Waals surface area contributed by atoms with Crippen LogP contribution < -0.4 is 9.47 Å². The fraction of sp³-hybridized carbons (Fsp3) is 0.368. The predicted octanol–water partition coefficient (Wildman–Crippen LogP) is 3.30. The lowest BCUT2D eigenvalue weighted by molar-refractivity contribution is 0.364. The number of ether oxygens (including phenoxy) is 2. The molecule has 0 heterocycles. The Kier molecular flexibility index (Phi) is 5.75. The Morgan fingerprint density at radius 1 is 1.00 bits per heavy atom. The van der Waals surface area contributed by atoms with E-state index < -0.39 is 10.0 Å². The molecule has 0 spiro atoms. The van der Waals surface area contributed by atoms with E-state index in [1.54, 1.807) is 19.2 Å². The van der Waals surface area contributed by atoms with Crippen LogP contribution in [0.2, 0.25) is 0 Å². The largest absolute Gasteiger partial charge is 0.497 e. The summed E-state index contributed by atoms with van der Waals surface area (Å²) >= 11 is 0. The molecule has 0 atom stereocenters.